The molecule has 1 fully saturated rings. The van der Waals surface area contributed by atoms with E-state index < -0.39 is 0 Å². The minimum atomic E-state index is 0.0538. The molecule has 1 atom stereocenters. The largest absolute Gasteiger partial charge is 0.377 e. The highest BCUT2D eigenvalue weighted by atomic mass is 16.7. The van der Waals surface area contributed by atoms with Crippen LogP contribution in [0.15, 0.2) is 30.3 Å². The van der Waals surface area contributed by atoms with Crippen molar-refractivity contribution in [2.45, 2.75) is 51.4 Å². The topological polar surface area (TPSA) is 27.7 Å². The van der Waals surface area contributed by atoms with Gasteiger partial charge in [-0.25, -0.2) is 0 Å². The summed E-state index contributed by atoms with van der Waals surface area (Å²) in [5.41, 5.74) is 1.24. The predicted octanol–water partition coefficient (Wildman–Crippen LogP) is 3.92. The second-order valence-corrected chi connectivity index (χ2v) is 5.27. The van der Waals surface area contributed by atoms with E-state index in [0.717, 1.165) is 45.5 Å². The number of unbranched alkanes of at least 4 members (excludes halogenated alkanes) is 2. The van der Waals surface area contributed by atoms with Gasteiger partial charge in [-0.1, -0.05) is 30.3 Å². The molecule has 20 heavy (non-hydrogen) atoms. The van der Waals surface area contributed by atoms with E-state index in [1.54, 1.807) is 0 Å². The van der Waals surface area contributed by atoms with Gasteiger partial charge in [-0.15, -0.1) is 0 Å². The molecule has 0 amide bonds. The van der Waals surface area contributed by atoms with E-state index >= 15 is 0 Å². The predicted molar refractivity (Wildman–Crippen MR) is 79.5 cm³/mol. The Bertz CT molecular complexity index is 333. The van der Waals surface area contributed by atoms with Crippen LogP contribution in [0.5, 0.6) is 0 Å². The third-order valence-electron chi connectivity index (χ3n) is 3.49. The summed E-state index contributed by atoms with van der Waals surface area (Å²) in [5.74, 6) is 0. The average Bonchev–Trinajstić information content (AvgIpc) is 2.52. The van der Waals surface area contributed by atoms with Crippen LogP contribution in [-0.4, -0.2) is 26.1 Å². The molecule has 0 aliphatic carbocycles. The average molecular weight is 278 g/mol. The summed E-state index contributed by atoms with van der Waals surface area (Å²) in [5, 5.41) is 0. The molecular formula is C17H26O3. The first-order chi connectivity index (χ1) is 9.95. The number of hydrogen-bond acceptors (Lipinski definition) is 3. The van der Waals surface area contributed by atoms with Gasteiger partial charge in [-0.05, 0) is 44.1 Å². The van der Waals surface area contributed by atoms with Gasteiger partial charge in [0, 0.05) is 19.8 Å². The van der Waals surface area contributed by atoms with Crippen LogP contribution in [0, 0.1) is 0 Å². The summed E-state index contributed by atoms with van der Waals surface area (Å²) >= 11 is 0. The Labute approximate surface area is 122 Å². The van der Waals surface area contributed by atoms with Crippen molar-refractivity contribution in [3.8, 4) is 0 Å². The molecule has 1 aliphatic rings. The van der Waals surface area contributed by atoms with Crippen molar-refractivity contribution in [2.75, 3.05) is 19.8 Å². The van der Waals surface area contributed by atoms with Crippen LogP contribution in [0.25, 0.3) is 0 Å². The summed E-state index contributed by atoms with van der Waals surface area (Å²) in [6.45, 7) is 3.21. The minimum absolute atomic E-state index is 0.0538. The van der Waals surface area contributed by atoms with E-state index in [1.807, 2.05) is 18.2 Å². The Morgan fingerprint density at radius 3 is 2.65 bits per heavy atom. The SMILES string of the molecule is c1ccc(COCCCCCOC2CCCCO2)cc1. The molecule has 1 saturated heterocycles. The van der Waals surface area contributed by atoms with Gasteiger partial charge in [0.05, 0.1) is 6.61 Å². The Kier molecular flexibility index (Phi) is 7.68. The highest BCUT2D eigenvalue weighted by Gasteiger charge is 2.13. The second-order valence-electron chi connectivity index (χ2n) is 5.27. The lowest BCUT2D eigenvalue weighted by atomic mass is 10.2. The third kappa shape index (κ3) is 6.51. The van der Waals surface area contributed by atoms with Crippen molar-refractivity contribution in [2.24, 2.45) is 0 Å². The summed E-state index contributed by atoms with van der Waals surface area (Å²) in [4.78, 5) is 0. The summed E-state index contributed by atoms with van der Waals surface area (Å²) in [6.07, 6.45) is 6.87. The van der Waals surface area contributed by atoms with E-state index in [-0.39, 0.29) is 6.29 Å². The molecule has 1 aromatic carbocycles. The molecule has 112 valence electrons. The number of hydrogen-bond donors (Lipinski definition) is 0. The third-order valence-corrected chi connectivity index (χ3v) is 3.49. The van der Waals surface area contributed by atoms with Gasteiger partial charge in [-0.3, -0.25) is 0 Å². The van der Waals surface area contributed by atoms with Crippen LogP contribution >= 0.6 is 0 Å². The fourth-order valence-electron chi connectivity index (χ4n) is 2.30. The van der Waals surface area contributed by atoms with E-state index in [9.17, 15) is 0 Å². The smallest absolute Gasteiger partial charge is 0.157 e. The maximum atomic E-state index is 5.70. The molecule has 0 N–H and O–H groups in total. The van der Waals surface area contributed by atoms with Crippen molar-refractivity contribution in [3.05, 3.63) is 35.9 Å². The Morgan fingerprint density at radius 1 is 1.00 bits per heavy atom. The lowest BCUT2D eigenvalue weighted by Gasteiger charge is -2.22. The van der Waals surface area contributed by atoms with E-state index in [0.29, 0.717) is 6.61 Å². The van der Waals surface area contributed by atoms with Crippen molar-refractivity contribution in [3.63, 3.8) is 0 Å². The van der Waals surface area contributed by atoms with Gasteiger partial charge in [-0.2, -0.15) is 0 Å². The molecule has 3 heteroatoms. The Morgan fingerprint density at radius 2 is 1.85 bits per heavy atom. The Hall–Kier alpha value is -0.900. The molecule has 0 aromatic heterocycles. The molecule has 1 aromatic rings. The summed E-state index contributed by atoms with van der Waals surface area (Å²) < 4.78 is 16.9. The number of ether oxygens (including phenoxy) is 3. The highest BCUT2D eigenvalue weighted by molar-refractivity contribution is 5.13. The molecule has 3 nitrogen and oxygen atoms in total. The number of rotatable bonds is 9. The number of benzene rings is 1. The molecule has 1 unspecified atom stereocenters. The van der Waals surface area contributed by atoms with Gasteiger partial charge < -0.3 is 14.2 Å². The van der Waals surface area contributed by atoms with Crippen LogP contribution in [0.2, 0.25) is 0 Å². The lowest BCUT2D eigenvalue weighted by molar-refractivity contribution is -0.162. The molecule has 0 radical (unpaired) electrons. The first-order valence-corrected chi connectivity index (χ1v) is 7.80. The first kappa shape index (κ1) is 15.5. The van der Waals surface area contributed by atoms with Gasteiger partial charge in [0.2, 0.25) is 0 Å². The zero-order chi connectivity index (χ0) is 13.9. The highest BCUT2D eigenvalue weighted by Crippen LogP contribution is 2.14. The summed E-state index contributed by atoms with van der Waals surface area (Å²) in [6, 6.07) is 10.3. The van der Waals surface area contributed by atoms with Crippen molar-refractivity contribution in [1.82, 2.24) is 0 Å². The van der Waals surface area contributed by atoms with E-state index in [2.05, 4.69) is 12.1 Å². The van der Waals surface area contributed by atoms with Gasteiger partial charge in [0.1, 0.15) is 0 Å². The van der Waals surface area contributed by atoms with Crippen molar-refractivity contribution in [1.29, 1.82) is 0 Å². The molecule has 1 heterocycles. The van der Waals surface area contributed by atoms with Gasteiger partial charge in [0.15, 0.2) is 6.29 Å². The van der Waals surface area contributed by atoms with Crippen LogP contribution < -0.4 is 0 Å². The monoisotopic (exact) mass is 278 g/mol. The van der Waals surface area contributed by atoms with Crippen LogP contribution in [0.4, 0.5) is 0 Å². The van der Waals surface area contributed by atoms with Crippen LogP contribution in [0.3, 0.4) is 0 Å². The van der Waals surface area contributed by atoms with Gasteiger partial charge in [0.25, 0.3) is 0 Å². The molecule has 0 bridgehead atoms. The molecule has 0 saturated carbocycles. The normalized spacial score (nSPS) is 19.1. The Balaban J connectivity index is 1.38. The molecule has 2 rings (SSSR count). The van der Waals surface area contributed by atoms with Crippen molar-refractivity contribution >= 4 is 0 Å². The first-order valence-electron chi connectivity index (χ1n) is 7.80. The van der Waals surface area contributed by atoms with Crippen molar-refractivity contribution < 1.29 is 14.2 Å². The molecular weight excluding hydrogens is 252 g/mol. The zero-order valence-corrected chi connectivity index (χ0v) is 12.3. The lowest BCUT2D eigenvalue weighted by Crippen LogP contribution is -2.22. The fraction of sp³-hybridized carbons (Fsp3) is 0.647. The van der Waals surface area contributed by atoms with E-state index in [4.69, 9.17) is 14.2 Å². The fourth-order valence-corrected chi connectivity index (χ4v) is 2.30. The van der Waals surface area contributed by atoms with Crippen LogP contribution in [0.1, 0.15) is 44.1 Å². The minimum Gasteiger partial charge on any atom is -0.377 e. The van der Waals surface area contributed by atoms with Crippen LogP contribution in [-0.2, 0) is 20.8 Å². The second kappa shape index (κ2) is 9.92. The molecule has 1 aliphatic heterocycles. The standard InChI is InChI=1S/C17H26O3/c1-3-9-16(10-4-1)15-18-12-6-2-7-13-19-17-11-5-8-14-20-17/h1,3-4,9-10,17H,2,5-8,11-15H2. The quantitative estimate of drug-likeness (QED) is 0.641. The van der Waals surface area contributed by atoms with Gasteiger partial charge >= 0.3 is 0 Å². The zero-order valence-electron chi connectivity index (χ0n) is 12.3. The van der Waals surface area contributed by atoms with E-state index in [1.165, 1.54) is 18.4 Å². The maximum absolute atomic E-state index is 5.70. The summed E-state index contributed by atoms with van der Waals surface area (Å²) in [7, 11) is 0. The maximum Gasteiger partial charge on any atom is 0.157 e. The molecule has 0 spiro atoms.